The molecule has 1 aromatic carbocycles. The molecule has 134 valence electrons. The van der Waals surface area contributed by atoms with Crippen LogP contribution in [0.2, 0.25) is 0 Å². The molecule has 0 unspecified atom stereocenters. The predicted octanol–water partition coefficient (Wildman–Crippen LogP) is 4.36. The maximum absolute atomic E-state index is 11.6. The molecular weight excluding hydrogens is 308 g/mol. The summed E-state index contributed by atoms with van der Waals surface area (Å²) < 4.78 is 0. The van der Waals surface area contributed by atoms with Crippen molar-refractivity contribution in [2.75, 3.05) is 6.54 Å². The first-order valence-corrected chi connectivity index (χ1v) is 9.55. The number of hydrogen-bond acceptors (Lipinski definition) is 3. The van der Waals surface area contributed by atoms with Crippen LogP contribution in [0.1, 0.15) is 57.1 Å². The Labute approximate surface area is 151 Å². The second-order valence-electron chi connectivity index (χ2n) is 7.44. The van der Waals surface area contributed by atoms with Crippen LogP contribution in [0.15, 0.2) is 54.9 Å². The molecule has 1 aliphatic heterocycles. The van der Waals surface area contributed by atoms with Crippen LogP contribution in [-0.4, -0.2) is 33.6 Å². The fraction of sp³-hybridized carbons (Fsp3) is 0.500. The molecule has 0 aliphatic carbocycles. The van der Waals surface area contributed by atoms with Crippen molar-refractivity contribution in [3.8, 4) is 0 Å². The molecule has 0 amide bonds. The minimum Gasteiger partial charge on any atom is -0.380 e. The van der Waals surface area contributed by atoms with Gasteiger partial charge in [0.25, 0.3) is 0 Å². The van der Waals surface area contributed by atoms with E-state index < -0.39 is 5.60 Å². The van der Waals surface area contributed by atoms with Crippen molar-refractivity contribution in [3.05, 3.63) is 66.0 Å². The zero-order valence-electron chi connectivity index (χ0n) is 15.4. The number of benzene rings is 1. The molecule has 25 heavy (non-hydrogen) atoms. The summed E-state index contributed by atoms with van der Waals surface area (Å²) in [6.07, 6.45) is 9.13. The van der Waals surface area contributed by atoms with Crippen molar-refractivity contribution < 1.29 is 5.11 Å². The van der Waals surface area contributed by atoms with E-state index in [4.69, 9.17) is 0 Å². The summed E-state index contributed by atoms with van der Waals surface area (Å²) in [6, 6.07) is 15.2. The molecular formula is C22H30N2O. The van der Waals surface area contributed by atoms with Crippen molar-refractivity contribution in [1.82, 2.24) is 9.88 Å². The highest BCUT2D eigenvalue weighted by Crippen LogP contribution is 2.34. The number of aliphatic hydroxyl groups is 1. The van der Waals surface area contributed by atoms with Gasteiger partial charge in [-0.2, -0.15) is 0 Å². The second-order valence-corrected chi connectivity index (χ2v) is 7.44. The highest BCUT2D eigenvalue weighted by atomic mass is 16.3. The summed E-state index contributed by atoms with van der Waals surface area (Å²) >= 11 is 0. The number of aromatic nitrogens is 1. The number of piperidine rings is 1. The zero-order valence-corrected chi connectivity index (χ0v) is 15.4. The third-order valence-corrected chi connectivity index (χ3v) is 5.72. The highest BCUT2D eigenvalue weighted by Gasteiger charge is 2.32. The van der Waals surface area contributed by atoms with E-state index in [9.17, 15) is 5.11 Å². The van der Waals surface area contributed by atoms with E-state index in [1.165, 1.54) is 19.3 Å². The summed E-state index contributed by atoms with van der Waals surface area (Å²) in [5.41, 5.74) is 0.848. The average Bonchev–Trinajstić information content (AvgIpc) is 2.65. The normalized spacial score (nSPS) is 24.0. The first kappa shape index (κ1) is 18.1. The Morgan fingerprint density at radius 3 is 2.36 bits per heavy atom. The second kappa shape index (κ2) is 8.11. The topological polar surface area (TPSA) is 36.4 Å². The van der Waals surface area contributed by atoms with Crippen molar-refractivity contribution in [2.45, 2.75) is 63.6 Å². The van der Waals surface area contributed by atoms with Crippen molar-refractivity contribution >= 4 is 0 Å². The van der Waals surface area contributed by atoms with E-state index in [-0.39, 0.29) is 0 Å². The molecule has 2 aromatic rings. The van der Waals surface area contributed by atoms with E-state index in [1.54, 1.807) is 12.4 Å². The number of likely N-dealkylation sites (tertiary alicyclic amines) is 1. The van der Waals surface area contributed by atoms with Gasteiger partial charge < -0.3 is 5.11 Å². The fourth-order valence-corrected chi connectivity index (χ4v) is 4.21. The molecule has 3 rings (SSSR count). The van der Waals surface area contributed by atoms with Crippen LogP contribution in [0.5, 0.6) is 0 Å². The minimum absolute atomic E-state index is 0.645. The monoisotopic (exact) mass is 338 g/mol. The molecule has 3 atom stereocenters. The molecule has 1 aromatic heterocycles. The Kier molecular flexibility index (Phi) is 5.87. The van der Waals surface area contributed by atoms with Crippen molar-refractivity contribution in [1.29, 1.82) is 0 Å². The van der Waals surface area contributed by atoms with E-state index in [0.29, 0.717) is 18.5 Å². The van der Waals surface area contributed by atoms with Gasteiger partial charge in [-0.15, -0.1) is 0 Å². The summed E-state index contributed by atoms with van der Waals surface area (Å²) in [6.45, 7) is 5.71. The van der Waals surface area contributed by atoms with Gasteiger partial charge in [0.05, 0.1) is 0 Å². The number of pyridine rings is 1. The Balaban J connectivity index is 1.75. The van der Waals surface area contributed by atoms with Crippen LogP contribution in [0.25, 0.3) is 0 Å². The SMILES string of the molecule is C[C@@H]1CCC[C@@H](C)N1CCC[C@@](O)(c1ccccc1)c1cccnc1. The first-order chi connectivity index (χ1) is 12.1. The third-order valence-electron chi connectivity index (χ3n) is 5.72. The minimum atomic E-state index is -0.974. The van der Waals surface area contributed by atoms with E-state index in [0.717, 1.165) is 24.1 Å². The summed E-state index contributed by atoms with van der Waals surface area (Å²) in [5, 5.41) is 11.6. The smallest absolute Gasteiger partial charge is 0.116 e. The largest absolute Gasteiger partial charge is 0.380 e. The Morgan fingerprint density at radius 2 is 1.72 bits per heavy atom. The standard InChI is InChI=1S/C22H30N2O/c1-18-9-6-10-19(2)24(18)16-8-14-22(25,20-11-4-3-5-12-20)21-13-7-15-23-17-21/h3-5,7,11-13,15,17-19,25H,6,8-10,14,16H2,1-2H3/t18-,19-,22-/m1/s1. The number of hydrogen-bond donors (Lipinski definition) is 1. The first-order valence-electron chi connectivity index (χ1n) is 9.55. The fourth-order valence-electron chi connectivity index (χ4n) is 4.21. The lowest BCUT2D eigenvalue weighted by Crippen LogP contribution is -2.44. The van der Waals surface area contributed by atoms with Crippen molar-refractivity contribution in [3.63, 3.8) is 0 Å². The quantitative estimate of drug-likeness (QED) is 0.850. The molecule has 1 aliphatic rings. The van der Waals surface area contributed by atoms with Gasteiger partial charge in [0, 0.05) is 30.0 Å². The van der Waals surface area contributed by atoms with Gasteiger partial charge in [-0.25, -0.2) is 0 Å². The van der Waals surface area contributed by atoms with Gasteiger partial charge in [0.1, 0.15) is 5.60 Å². The van der Waals surface area contributed by atoms with Crippen LogP contribution >= 0.6 is 0 Å². The van der Waals surface area contributed by atoms with Gasteiger partial charge in [-0.05, 0) is 57.7 Å². The van der Waals surface area contributed by atoms with E-state index in [1.807, 2.05) is 42.5 Å². The lowest BCUT2D eigenvalue weighted by Gasteiger charge is -2.39. The molecule has 1 N–H and O–H groups in total. The molecule has 3 heteroatoms. The summed E-state index contributed by atoms with van der Waals surface area (Å²) in [7, 11) is 0. The number of rotatable bonds is 6. The van der Waals surface area contributed by atoms with Gasteiger partial charge in [0.2, 0.25) is 0 Å². The molecule has 0 saturated carbocycles. The van der Waals surface area contributed by atoms with Crippen LogP contribution in [0.3, 0.4) is 0 Å². The predicted molar refractivity (Wildman–Crippen MR) is 102 cm³/mol. The van der Waals surface area contributed by atoms with Crippen LogP contribution < -0.4 is 0 Å². The molecule has 0 bridgehead atoms. The van der Waals surface area contributed by atoms with E-state index >= 15 is 0 Å². The summed E-state index contributed by atoms with van der Waals surface area (Å²) in [4.78, 5) is 6.84. The zero-order chi connectivity index (χ0) is 17.7. The van der Waals surface area contributed by atoms with Crippen molar-refractivity contribution in [2.24, 2.45) is 0 Å². The average molecular weight is 338 g/mol. The molecule has 2 heterocycles. The molecule has 3 nitrogen and oxygen atoms in total. The maximum atomic E-state index is 11.6. The molecule has 0 radical (unpaired) electrons. The van der Waals surface area contributed by atoms with E-state index in [2.05, 4.69) is 23.7 Å². The lowest BCUT2D eigenvalue weighted by atomic mass is 9.83. The van der Waals surface area contributed by atoms with Gasteiger partial charge in [-0.3, -0.25) is 9.88 Å². The van der Waals surface area contributed by atoms with Crippen LogP contribution in [-0.2, 0) is 5.60 Å². The number of nitrogens with zero attached hydrogens (tertiary/aromatic N) is 2. The lowest BCUT2D eigenvalue weighted by molar-refractivity contribution is 0.0519. The Bertz CT molecular complexity index is 594. The van der Waals surface area contributed by atoms with Gasteiger partial charge >= 0.3 is 0 Å². The van der Waals surface area contributed by atoms with Crippen LogP contribution in [0, 0.1) is 0 Å². The summed E-state index contributed by atoms with van der Waals surface area (Å²) in [5.74, 6) is 0. The Hall–Kier alpha value is -1.71. The maximum Gasteiger partial charge on any atom is 0.116 e. The Morgan fingerprint density at radius 1 is 1.04 bits per heavy atom. The molecule has 0 spiro atoms. The van der Waals surface area contributed by atoms with Gasteiger partial charge in [0.15, 0.2) is 0 Å². The van der Waals surface area contributed by atoms with Crippen LogP contribution in [0.4, 0.5) is 0 Å². The molecule has 1 saturated heterocycles. The third kappa shape index (κ3) is 4.10. The van der Waals surface area contributed by atoms with Gasteiger partial charge in [-0.1, -0.05) is 42.8 Å². The highest BCUT2D eigenvalue weighted by molar-refractivity contribution is 5.34. The molecule has 1 fully saturated rings.